The standard InChI is InChI=1S/C19H13N7OS2/c27-16(23-14-7-4-8-15-17(14)25-29-24-15)10-28-19-13-9-22-26(18(13)20-11-21-19)12-5-2-1-3-6-12/h1-9,11H,10H2,(H,23,27). The van der Waals surface area contributed by atoms with Crippen LogP contribution in [0.3, 0.4) is 0 Å². The largest absolute Gasteiger partial charge is 0.323 e. The Balaban J connectivity index is 1.35. The Morgan fingerprint density at radius 2 is 1.97 bits per heavy atom. The van der Waals surface area contributed by atoms with Gasteiger partial charge in [0.05, 0.1) is 40.4 Å². The second-order valence-electron chi connectivity index (χ2n) is 6.08. The van der Waals surface area contributed by atoms with Crippen LogP contribution in [-0.4, -0.2) is 40.2 Å². The SMILES string of the molecule is O=C(CSc1ncnc2c1cnn2-c1ccccc1)Nc1cccc2nsnc12. The molecule has 1 N–H and O–H groups in total. The van der Waals surface area contributed by atoms with Crippen molar-refractivity contribution >= 4 is 57.2 Å². The zero-order chi connectivity index (χ0) is 19.6. The smallest absolute Gasteiger partial charge is 0.234 e. The van der Waals surface area contributed by atoms with E-state index < -0.39 is 0 Å². The van der Waals surface area contributed by atoms with Crippen molar-refractivity contribution in [1.82, 2.24) is 28.5 Å². The van der Waals surface area contributed by atoms with Gasteiger partial charge in [0, 0.05) is 0 Å². The number of amides is 1. The Labute approximate surface area is 173 Å². The van der Waals surface area contributed by atoms with Gasteiger partial charge in [0.2, 0.25) is 5.91 Å². The zero-order valence-electron chi connectivity index (χ0n) is 14.9. The van der Waals surface area contributed by atoms with Crippen molar-refractivity contribution in [3.63, 3.8) is 0 Å². The van der Waals surface area contributed by atoms with Gasteiger partial charge in [0.25, 0.3) is 0 Å². The van der Waals surface area contributed by atoms with E-state index in [1.165, 1.54) is 18.1 Å². The first-order valence-electron chi connectivity index (χ1n) is 8.68. The summed E-state index contributed by atoms with van der Waals surface area (Å²) in [5, 5.41) is 8.85. The molecule has 2 aromatic carbocycles. The predicted molar refractivity (Wildman–Crippen MR) is 113 cm³/mol. The molecule has 8 nitrogen and oxygen atoms in total. The Kier molecular flexibility index (Phi) is 4.62. The summed E-state index contributed by atoms with van der Waals surface area (Å²) in [6.07, 6.45) is 3.22. The summed E-state index contributed by atoms with van der Waals surface area (Å²) >= 11 is 2.47. The number of nitrogens with zero attached hydrogens (tertiary/aromatic N) is 6. The molecule has 0 radical (unpaired) electrons. The third-order valence-electron chi connectivity index (χ3n) is 4.23. The maximum Gasteiger partial charge on any atom is 0.234 e. The van der Waals surface area contributed by atoms with E-state index >= 15 is 0 Å². The first kappa shape index (κ1) is 17.7. The van der Waals surface area contributed by atoms with Crippen molar-refractivity contribution in [1.29, 1.82) is 0 Å². The lowest BCUT2D eigenvalue weighted by Crippen LogP contribution is -2.14. The molecule has 1 amide bonds. The Bertz CT molecular complexity index is 1320. The van der Waals surface area contributed by atoms with E-state index in [0.717, 1.165) is 28.3 Å². The van der Waals surface area contributed by atoms with Crippen LogP contribution in [0.1, 0.15) is 0 Å². The molecule has 0 unspecified atom stereocenters. The molecule has 0 bridgehead atoms. The minimum Gasteiger partial charge on any atom is -0.323 e. The molecule has 142 valence electrons. The molecule has 0 aliphatic heterocycles. The molecule has 0 saturated heterocycles. The fourth-order valence-corrected chi connectivity index (χ4v) is 4.23. The molecule has 0 aliphatic carbocycles. The van der Waals surface area contributed by atoms with Gasteiger partial charge in [0.1, 0.15) is 22.4 Å². The van der Waals surface area contributed by atoms with Crippen molar-refractivity contribution in [3.05, 3.63) is 61.1 Å². The van der Waals surface area contributed by atoms with Crippen LogP contribution in [0, 0.1) is 0 Å². The number of fused-ring (bicyclic) bond motifs is 2. The van der Waals surface area contributed by atoms with E-state index in [1.54, 1.807) is 10.9 Å². The molecule has 3 heterocycles. The fourth-order valence-electron chi connectivity index (χ4n) is 2.92. The quantitative estimate of drug-likeness (QED) is 0.344. The average molecular weight is 419 g/mol. The van der Waals surface area contributed by atoms with Gasteiger partial charge in [-0.3, -0.25) is 4.79 Å². The highest BCUT2D eigenvalue weighted by molar-refractivity contribution is 8.00. The number of rotatable bonds is 5. The van der Waals surface area contributed by atoms with Gasteiger partial charge < -0.3 is 5.32 Å². The number of hydrogen-bond donors (Lipinski definition) is 1. The Hall–Kier alpha value is -3.37. The van der Waals surface area contributed by atoms with Gasteiger partial charge in [-0.2, -0.15) is 13.8 Å². The minimum atomic E-state index is -0.141. The first-order valence-corrected chi connectivity index (χ1v) is 10.4. The van der Waals surface area contributed by atoms with Gasteiger partial charge >= 0.3 is 0 Å². The molecule has 0 fully saturated rings. The van der Waals surface area contributed by atoms with Crippen LogP contribution in [0.2, 0.25) is 0 Å². The molecule has 29 heavy (non-hydrogen) atoms. The molecule has 0 atom stereocenters. The number of aromatic nitrogens is 6. The number of anilines is 1. The first-order chi connectivity index (χ1) is 14.3. The maximum atomic E-state index is 12.5. The summed E-state index contributed by atoms with van der Waals surface area (Å²) in [6, 6.07) is 15.3. The highest BCUT2D eigenvalue weighted by Gasteiger charge is 2.14. The third kappa shape index (κ3) is 3.43. The lowest BCUT2D eigenvalue weighted by atomic mass is 10.2. The number of benzene rings is 2. The summed E-state index contributed by atoms with van der Waals surface area (Å²) in [4.78, 5) is 21.2. The van der Waals surface area contributed by atoms with Crippen molar-refractivity contribution in [2.24, 2.45) is 0 Å². The van der Waals surface area contributed by atoms with Crippen molar-refractivity contribution in [2.75, 3.05) is 11.1 Å². The van der Waals surface area contributed by atoms with Crippen LogP contribution in [0.15, 0.2) is 66.1 Å². The molecule has 0 aliphatic rings. The van der Waals surface area contributed by atoms with Crippen molar-refractivity contribution in [3.8, 4) is 5.69 Å². The van der Waals surface area contributed by atoms with Crippen LogP contribution >= 0.6 is 23.5 Å². The number of nitrogens with one attached hydrogen (secondary N) is 1. The lowest BCUT2D eigenvalue weighted by Gasteiger charge is -2.06. The van der Waals surface area contributed by atoms with Crippen LogP contribution in [0.25, 0.3) is 27.8 Å². The number of thioether (sulfide) groups is 1. The zero-order valence-corrected chi connectivity index (χ0v) is 16.5. The van der Waals surface area contributed by atoms with Crippen LogP contribution < -0.4 is 5.32 Å². The normalized spacial score (nSPS) is 11.2. The van der Waals surface area contributed by atoms with Gasteiger partial charge in [-0.05, 0) is 24.3 Å². The molecule has 0 saturated carbocycles. The summed E-state index contributed by atoms with van der Waals surface area (Å²) in [5.41, 5.74) is 3.74. The summed E-state index contributed by atoms with van der Waals surface area (Å²) in [5.74, 6) is 0.0639. The summed E-state index contributed by atoms with van der Waals surface area (Å²) < 4.78 is 10.2. The van der Waals surface area contributed by atoms with Gasteiger partial charge in [-0.25, -0.2) is 14.6 Å². The Morgan fingerprint density at radius 3 is 2.86 bits per heavy atom. The molecular weight excluding hydrogens is 406 g/mol. The highest BCUT2D eigenvalue weighted by Crippen LogP contribution is 2.26. The second-order valence-corrected chi connectivity index (χ2v) is 7.57. The van der Waals surface area contributed by atoms with Crippen LogP contribution in [0.4, 0.5) is 5.69 Å². The number of hydrogen-bond acceptors (Lipinski definition) is 8. The average Bonchev–Trinajstić information content (AvgIpc) is 3.41. The third-order valence-corrected chi connectivity index (χ3v) is 5.78. The van der Waals surface area contributed by atoms with Gasteiger partial charge in [0.15, 0.2) is 5.65 Å². The van der Waals surface area contributed by atoms with Crippen LogP contribution in [0.5, 0.6) is 0 Å². The van der Waals surface area contributed by atoms with Crippen molar-refractivity contribution in [2.45, 2.75) is 5.03 Å². The van der Waals surface area contributed by atoms with Crippen molar-refractivity contribution < 1.29 is 4.79 Å². The van der Waals surface area contributed by atoms with Crippen LogP contribution in [-0.2, 0) is 4.79 Å². The van der Waals surface area contributed by atoms with E-state index in [0.29, 0.717) is 21.9 Å². The topological polar surface area (TPSA) is 98.5 Å². The fraction of sp³-hybridized carbons (Fsp3) is 0.0526. The highest BCUT2D eigenvalue weighted by atomic mass is 32.2. The monoisotopic (exact) mass is 419 g/mol. The second kappa shape index (κ2) is 7.57. The van der Waals surface area contributed by atoms with E-state index in [9.17, 15) is 4.79 Å². The number of carbonyl (C=O) groups is 1. The summed E-state index contributed by atoms with van der Waals surface area (Å²) in [6.45, 7) is 0. The van der Waals surface area contributed by atoms with E-state index in [4.69, 9.17) is 0 Å². The Morgan fingerprint density at radius 1 is 1.07 bits per heavy atom. The molecule has 5 rings (SSSR count). The van der Waals surface area contributed by atoms with Gasteiger partial charge in [-0.15, -0.1) is 0 Å². The van der Waals surface area contributed by atoms with E-state index in [1.807, 2.05) is 48.5 Å². The molecular formula is C19H13N7OS2. The molecule has 5 aromatic rings. The lowest BCUT2D eigenvalue weighted by molar-refractivity contribution is -0.113. The summed E-state index contributed by atoms with van der Waals surface area (Å²) in [7, 11) is 0. The predicted octanol–water partition coefficient (Wildman–Crippen LogP) is 3.55. The molecule has 10 heteroatoms. The number of carbonyl (C=O) groups excluding carboxylic acids is 1. The van der Waals surface area contributed by atoms with E-state index in [-0.39, 0.29) is 11.7 Å². The molecule has 3 aromatic heterocycles. The van der Waals surface area contributed by atoms with E-state index in [2.05, 4.69) is 29.1 Å². The molecule has 0 spiro atoms. The number of para-hydroxylation sites is 1. The minimum absolute atomic E-state index is 0.141. The maximum absolute atomic E-state index is 12.5. The van der Waals surface area contributed by atoms with Gasteiger partial charge in [-0.1, -0.05) is 36.0 Å².